The van der Waals surface area contributed by atoms with Crippen molar-refractivity contribution in [3.8, 4) is 0 Å². The predicted molar refractivity (Wildman–Crippen MR) is 102 cm³/mol. The molecule has 0 aliphatic rings. The number of thioether (sulfide) groups is 1. The van der Waals surface area contributed by atoms with Crippen molar-refractivity contribution in [2.75, 3.05) is 6.54 Å². The topological polar surface area (TPSA) is 12.0 Å². The van der Waals surface area contributed by atoms with Crippen LogP contribution in [0.4, 0.5) is 0 Å². The quantitative estimate of drug-likeness (QED) is 0.488. The third kappa shape index (κ3) is 6.41. The molecule has 1 N–H and O–H groups in total. The lowest BCUT2D eigenvalue weighted by Gasteiger charge is -2.08. The number of benzene rings is 2. The lowest BCUT2D eigenvalue weighted by Crippen LogP contribution is -2.18. The molecule has 0 fully saturated rings. The molecule has 0 aliphatic heterocycles. The lowest BCUT2D eigenvalue weighted by molar-refractivity contribution is 0.552. The summed E-state index contributed by atoms with van der Waals surface area (Å²) >= 11 is 4.24. The van der Waals surface area contributed by atoms with E-state index in [1.165, 1.54) is 19.6 Å². The Bertz CT molecular complexity index is 534. The summed E-state index contributed by atoms with van der Waals surface area (Å²) in [6, 6.07) is 17.7. The summed E-state index contributed by atoms with van der Waals surface area (Å²) in [5, 5.41) is 3.48. The summed E-state index contributed by atoms with van der Waals surface area (Å²) < 4.78 is 1.29. The Hall–Kier alpha value is -0.520. The van der Waals surface area contributed by atoms with Crippen LogP contribution in [0.1, 0.15) is 25.0 Å². The fraction of sp³-hybridized carbons (Fsp3) is 0.333. The van der Waals surface area contributed by atoms with Crippen LogP contribution < -0.4 is 5.32 Å². The molecule has 112 valence electrons. The van der Waals surface area contributed by atoms with Crippen molar-refractivity contribution in [2.45, 2.75) is 31.0 Å². The fourth-order valence-electron chi connectivity index (χ4n) is 1.96. The van der Waals surface area contributed by atoms with E-state index in [2.05, 4.69) is 90.3 Å². The zero-order chi connectivity index (χ0) is 15.1. The van der Waals surface area contributed by atoms with E-state index in [9.17, 15) is 0 Å². The normalized spacial score (nSPS) is 11.0. The molecule has 0 amide bonds. The van der Waals surface area contributed by atoms with E-state index in [1.807, 2.05) is 11.8 Å². The second-order valence-electron chi connectivity index (χ2n) is 5.58. The molecule has 1 nitrogen and oxygen atoms in total. The van der Waals surface area contributed by atoms with Crippen molar-refractivity contribution < 1.29 is 0 Å². The summed E-state index contributed by atoms with van der Waals surface area (Å²) in [5.74, 6) is 1.73. The van der Waals surface area contributed by atoms with Crippen LogP contribution in [-0.4, -0.2) is 6.54 Å². The number of nitrogens with one attached hydrogen (secondary N) is 1. The highest BCUT2D eigenvalue weighted by Gasteiger charge is 1.99. The van der Waals surface area contributed by atoms with E-state index >= 15 is 0 Å². The smallest absolute Gasteiger partial charge is 0.0232 e. The number of halogens is 1. The molecule has 0 unspecified atom stereocenters. The monoisotopic (exact) mass is 411 g/mol. The van der Waals surface area contributed by atoms with Gasteiger partial charge in [0, 0.05) is 20.8 Å². The Morgan fingerprint density at radius 2 is 1.57 bits per heavy atom. The number of rotatable bonds is 7. The Morgan fingerprint density at radius 1 is 0.952 bits per heavy atom. The highest BCUT2D eigenvalue weighted by Crippen LogP contribution is 2.23. The van der Waals surface area contributed by atoms with E-state index in [-0.39, 0.29) is 0 Å². The summed E-state index contributed by atoms with van der Waals surface area (Å²) in [7, 11) is 0. The summed E-state index contributed by atoms with van der Waals surface area (Å²) in [6.07, 6.45) is 0. The SMILES string of the molecule is CC(C)CNCc1ccc(SCc2ccc(I)cc2)cc1. The first-order valence-corrected chi connectivity index (χ1v) is 9.37. The molecule has 0 spiro atoms. The van der Waals surface area contributed by atoms with E-state index in [0.717, 1.165) is 18.8 Å². The Balaban J connectivity index is 1.80. The molecule has 3 heteroatoms. The standard InChI is InChI=1S/C18H22INS/c1-14(2)11-20-12-15-5-9-18(10-6-15)21-13-16-3-7-17(19)8-4-16/h3-10,14,20H,11-13H2,1-2H3. The van der Waals surface area contributed by atoms with Crippen LogP contribution in [0.3, 0.4) is 0 Å². The van der Waals surface area contributed by atoms with Crippen LogP contribution in [0.25, 0.3) is 0 Å². The van der Waals surface area contributed by atoms with Gasteiger partial charge in [0.2, 0.25) is 0 Å². The van der Waals surface area contributed by atoms with Gasteiger partial charge in [0.1, 0.15) is 0 Å². The van der Waals surface area contributed by atoms with Crippen LogP contribution >= 0.6 is 34.4 Å². The van der Waals surface area contributed by atoms with Gasteiger partial charge in [-0.05, 0) is 70.4 Å². The molecule has 0 radical (unpaired) electrons. The molecule has 0 heterocycles. The summed E-state index contributed by atoms with van der Waals surface area (Å²) in [6.45, 7) is 6.50. The minimum absolute atomic E-state index is 0.703. The fourth-order valence-corrected chi connectivity index (χ4v) is 3.17. The number of hydrogen-bond donors (Lipinski definition) is 1. The zero-order valence-corrected chi connectivity index (χ0v) is 15.6. The van der Waals surface area contributed by atoms with Crippen LogP contribution in [0.5, 0.6) is 0 Å². The molecular weight excluding hydrogens is 389 g/mol. The molecule has 2 aromatic rings. The maximum Gasteiger partial charge on any atom is 0.0232 e. The van der Waals surface area contributed by atoms with Gasteiger partial charge in [-0.2, -0.15) is 0 Å². The molecule has 0 atom stereocenters. The average Bonchev–Trinajstić information content (AvgIpc) is 2.48. The second-order valence-corrected chi connectivity index (χ2v) is 7.88. The van der Waals surface area contributed by atoms with Crippen molar-refractivity contribution in [3.05, 3.63) is 63.2 Å². The van der Waals surface area contributed by atoms with E-state index in [4.69, 9.17) is 0 Å². The molecule has 21 heavy (non-hydrogen) atoms. The maximum atomic E-state index is 3.48. The number of hydrogen-bond acceptors (Lipinski definition) is 2. The van der Waals surface area contributed by atoms with Crippen molar-refractivity contribution in [2.24, 2.45) is 5.92 Å². The largest absolute Gasteiger partial charge is 0.312 e. The van der Waals surface area contributed by atoms with Gasteiger partial charge in [0.25, 0.3) is 0 Å². The van der Waals surface area contributed by atoms with Gasteiger partial charge < -0.3 is 5.32 Å². The molecule has 2 rings (SSSR count). The van der Waals surface area contributed by atoms with E-state index in [0.29, 0.717) is 5.92 Å². The van der Waals surface area contributed by atoms with E-state index in [1.54, 1.807) is 0 Å². The Kier molecular flexibility index (Phi) is 7.07. The first-order valence-electron chi connectivity index (χ1n) is 7.30. The molecule has 2 aromatic carbocycles. The molecule has 0 bridgehead atoms. The summed E-state index contributed by atoms with van der Waals surface area (Å²) in [4.78, 5) is 1.33. The van der Waals surface area contributed by atoms with Gasteiger partial charge in [-0.25, -0.2) is 0 Å². The minimum Gasteiger partial charge on any atom is -0.312 e. The van der Waals surface area contributed by atoms with Gasteiger partial charge in [-0.3, -0.25) is 0 Å². The van der Waals surface area contributed by atoms with Crippen molar-refractivity contribution in [1.29, 1.82) is 0 Å². The molecule has 0 aromatic heterocycles. The van der Waals surface area contributed by atoms with Gasteiger partial charge in [0.05, 0.1) is 0 Å². The first kappa shape index (κ1) is 16.8. The molecular formula is C18H22INS. The maximum absolute atomic E-state index is 3.48. The third-order valence-corrected chi connectivity index (χ3v) is 4.93. The Labute approximate surface area is 146 Å². The van der Waals surface area contributed by atoms with Crippen LogP contribution in [-0.2, 0) is 12.3 Å². The van der Waals surface area contributed by atoms with Crippen molar-refractivity contribution >= 4 is 34.4 Å². The van der Waals surface area contributed by atoms with Gasteiger partial charge in [-0.15, -0.1) is 11.8 Å². The highest BCUT2D eigenvalue weighted by molar-refractivity contribution is 14.1. The molecule has 0 aliphatic carbocycles. The Morgan fingerprint density at radius 3 is 2.19 bits per heavy atom. The third-order valence-electron chi connectivity index (χ3n) is 3.12. The predicted octanol–water partition coefficient (Wildman–Crippen LogP) is 5.33. The first-order chi connectivity index (χ1) is 10.1. The summed E-state index contributed by atoms with van der Waals surface area (Å²) in [5.41, 5.74) is 2.73. The lowest BCUT2D eigenvalue weighted by atomic mass is 10.2. The average molecular weight is 411 g/mol. The van der Waals surface area contributed by atoms with Gasteiger partial charge >= 0.3 is 0 Å². The minimum atomic E-state index is 0.703. The highest BCUT2D eigenvalue weighted by atomic mass is 127. The van der Waals surface area contributed by atoms with Gasteiger partial charge in [0.15, 0.2) is 0 Å². The van der Waals surface area contributed by atoms with E-state index < -0.39 is 0 Å². The molecule has 0 saturated heterocycles. The zero-order valence-electron chi connectivity index (χ0n) is 12.6. The van der Waals surface area contributed by atoms with Crippen LogP contribution in [0.2, 0.25) is 0 Å². The van der Waals surface area contributed by atoms with Crippen LogP contribution in [0.15, 0.2) is 53.4 Å². The van der Waals surface area contributed by atoms with Crippen LogP contribution in [0, 0.1) is 9.49 Å². The van der Waals surface area contributed by atoms with Crippen molar-refractivity contribution in [3.63, 3.8) is 0 Å². The molecule has 0 saturated carbocycles. The van der Waals surface area contributed by atoms with Crippen molar-refractivity contribution in [1.82, 2.24) is 5.32 Å². The second kappa shape index (κ2) is 8.81. The van der Waals surface area contributed by atoms with Gasteiger partial charge in [-0.1, -0.05) is 38.1 Å².